The van der Waals surface area contributed by atoms with Gasteiger partial charge in [0.1, 0.15) is 35.6 Å². The summed E-state index contributed by atoms with van der Waals surface area (Å²) in [4.78, 5) is 20.3. The lowest BCUT2D eigenvalue weighted by atomic mass is 9.97. The predicted octanol–water partition coefficient (Wildman–Crippen LogP) is 6.57. The van der Waals surface area contributed by atoms with E-state index in [0.717, 1.165) is 6.42 Å². The van der Waals surface area contributed by atoms with E-state index in [2.05, 4.69) is 100 Å². The Balaban J connectivity index is 1.74. The molecule has 0 aliphatic carbocycles. The van der Waals surface area contributed by atoms with Gasteiger partial charge < -0.3 is 9.64 Å². The number of hydrogen-bond acceptors (Lipinski definition) is 13. The van der Waals surface area contributed by atoms with E-state index in [0.29, 0.717) is 17.8 Å². The van der Waals surface area contributed by atoms with Crippen LogP contribution in [0, 0.1) is 11.7 Å². The van der Waals surface area contributed by atoms with Crippen molar-refractivity contribution in [3.8, 4) is 17.0 Å². The Morgan fingerprint density at radius 1 is 1.02 bits per heavy atom. The van der Waals surface area contributed by atoms with Gasteiger partial charge in [0.15, 0.2) is 0 Å². The lowest BCUT2D eigenvalue weighted by molar-refractivity contribution is 0.0981. The summed E-state index contributed by atoms with van der Waals surface area (Å²) in [7, 11) is -4.15. The molecule has 2 heterocycles. The third-order valence-corrected chi connectivity index (χ3v) is 12.9. The first kappa shape index (κ1) is 36.8. The topological polar surface area (TPSA) is 88.6 Å². The second-order valence-electron chi connectivity index (χ2n) is 11.6. The summed E-state index contributed by atoms with van der Waals surface area (Å²) in [6, 6.07) is 14.7. The highest BCUT2D eigenvalue weighted by atomic mass is 32.2. The Kier molecular flexibility index (Phi) is 11.0. The molecular formula is C29H34FN3O4S8. The van der Waals surface area contributed by atoms with Crippen molar-refractivity contribution in [1.82, 2.24) is 9.71 Å². The molecule has 3 aromatic rings. The van der Waals surface area contributed by atoms with Gasteiger partial charge in [-0.25, -0.2) is 22.5 Å². The molecule has 0 saturated carbocycles. The van der Waals surface area contributed by atoms with Crippen molar-refractivity contribution in [2.75, 3.05) is 18.1 Å². The first-order chi connectivity index (χ1) is 20.6. The molecule has 0 spiro atoms. The molecule has 1 aliphatic rings. The highest BCUT2D eigenvalue weighted by molar-refractivity contribution is 8.21. The van der Waals surface area contributed by atoms with Crippen LogP contribution in [0.25, 0.3) is 11.3 Å². The number of carbonyl (C=O) groups is 1. The van der Waals surface area contributed by atoms with E-state index in [4.69, 9.17) is 9.72 Å². The number of benzene rings is 2. The number of pyridine rings is 1. The van der Waals surface area contributed by atoms with Crippen LogP contribution in [0.3, 0.4) is 0 Å². The molecule has 1 saturated heterocycles. The number of ether oxygens (including phenoxy) is 1. The summed E-state index contributed by atoms with van der Waals surface area (Å²) in [5, 5.41) is 0. The van der Waals surface area contributed by atoms with Gasteiger partial charge in [-0.3, -0.25) is 4.79 Å². The molecule has 4 rings (SSSR count). The number of anilines is 1. The van der Waals surface area contributed by atoms with Crippen LogP contribution in [-0.4, -0.2) is 49.6 Å². The van der Waals surface area contributed by atoms with Crippen molar-refractivity contribution in [3.63, 3.8) is 0 Å². The van der Waals surface area contributed by atoms with Crippen LogP contribution in [0.4, 0.5) is 10.2 Å². The summed E-state index contributed by atoms with van der Waals surface area (Å²) in [6.45, 7) is 6.51. The van der Waals surface area contributed by atoms with Crippen molar-refractivity contribution in [1.29, 1.82) is 0 Å². The van der Waals surface area contributed by atoms with Gasteiger partial charge >= 0.3 is 0 Å². The number of hydrogen-bond donors (Lipinski definition) is 8. The predicted molar refractivity (Wildman–Crippen MR) is 203 cm³/mol. The van der Waals surface area contributed by atoms with E-state index in [1.54, 1.807) is 24.3 Å². The molecule has 1 N–H and O–H groups in total. The lowest BCUT2D eigenvalue weighted by Crippen LogP contribution is -2.53. The average Bonchev–Trinajstić information content (AvgIpc) is 3.21. The van der Waals surface area contributed by atoms with Crippen LogP contribution in [0.15, 0.2) is 65.6 Å². The quantitative estimate of drug-likeness (QED) is 0.0883. The molecule has 0 unspecified atom stereocenters. The van der Waals surface area contributed by atoms with Crippen molar-refractivity contribution in [2.45, 2.75) is 49.2 Å². The molecule has 1 atom stereocenters. The van der Waals surface area contributed by atoms with Crippen LogP contribution in [0.2, 0.25) is 0 Å². The molecule has 0 bridgehead atoms. The number of sulfonamides is 1. The number of aromatic nitrogens is 1. The Morgan fingerprint density at radius 3 is 2.20 bits per heavy atom. The van der Waals surface area contributed by atoms with Gasteiger partial charge in [-0.15, -0.1) is 75.8 Å². The minimum Gasteiger partial charge on any atom is -0.492 e. The number of amides is 1. The van der Waals surface area contributed by atoms with E-state index in [-0.39, 0.29) is 34.6 Å². The van der Waals surface area contributed by atoms with Crippen LogP contribution < -0.4 is 14.4 Å². The molecule has 244 valence electrons. The minimum absolute atomic E-state index is 0.0471. The maximum Gasteiger partial charge on any atom is 0.268 e. The summed E-state index contributed by atoms with van der Waals surface area (Å²) < 4.78 is 45.0. The Morgan fingerprint density at radius 2 is 1.64 bits per heavy atom. The lowest BCUT2D eigenvalue weighted by Gasteiger charge is -2.45. The highest BCUT2D eigenvalue weighted by Gasteiger charge is 2.54. The Labute approximate surface area is 302 Å². The van der Waals surface area contributed by atoms with E-state index in [1.165, 1.54) is 36.4 Å². The SMILES string of the molecule is C[C@@H]1CN(c2nc(-c3cc(F)cc(OCC(S)(C(S)(S)S)C(S)(S)S)c3)ccc2C(=O)NS(=O)(=O)c2ccccc2)C(C)(C)C1. The van der Waals surface area contributed by atoms with E-state index >= 15 is 0 Å². The van der Waals surface area contributed by atoms with E-state index in [9.17, 15) is 17.6 Å². The van der Waals surface area contributed by atoms with Gasteiger partial charge in [0.05, 0.1) is 16.2 Å². The number of nitrogens with one attached hydrogen (secondary N) is 1. The molecule has 45 heavy (non-hydrogen) atoms. The first-order valence-corrected chi connectivity index (χ1v) is 18.2. The zero-order chi connectivity index (χ0) is 33.6. The van der Waals surface area contributed by atoms with Crippen LogP contribution in [0.5, 0.6) is 5.75 Å². The Hall–Kier alpha value is -1.01. The van der Waals surface area contributed by atoms with Crippen LogP contribution >= 0.6 is 88.4 Å². The van der Waals surface area contributed by atoms with Gasteiger partial charge in [0, 0.05) is 23.7 Å². The molecule has 2 aromatic carbocycles. The minimum atomic E-state index is -4.15. The zero-order valence-corrected chi connectivity index (χ0v) is 31.5. The second kappa shape index (κ2) is 13.5. The summed E-state index contributed by atoms with van der Waals surface area (Å²) >= 11 is 30.9. The molecule has 1 amide bonds. The molecule has 7 nitrogen and oxygen atoms in total. The summed E-state index contributed by atoms with van der Waals surface area (Å²) in [5.41, 5.74) is 0.354. The largest absolute Gasteiger partial charge is 0.492 e. The smallest absolute Gasteiger partial charge is 0.268 e. The van der Waals surface area contributed by atoms with E-state index < -0.39 is 38.9 Å². The van der Waals surface area contributed by atoms with E-state index in [1.807, 2.05) is 18.7 Å². The fourth-order valence-corrected chi connectivity index (χ4v) is 8.43. The fourth-order valence-electron chi connectivity index (χ4n) is 5.19. The summed E-state index contributed by atoms with van der Waals surface area (Å²) in [5.74, 6) is -0.751. The average molecular weight is 764 g/mol. The van der Waals surface area contributed by atoms with Crippen molar-refractivity contribution < 1.29 is 22.3 Å². The molecule has 1 aromatic heterocycles. The third-order valence-electron chi connectivity index (χ3n) is 7.45. The van der Waals surface area contributed by atoms with Crippen LogP contribution in [0.1, 0.15) is 37.6 Å². The second-order valence-corrected chi connectivity index (χ2v) is 20.2. The number of thiol groups is 7. The van der Waals surface area contributed by atoms with Crippen molar-refractivity contribution in [2.24, 2.45) is 5.92 Å². The van der Waals surface area contributed by atoms with Crippen molar-refractivity contribution in [3.05, 3.63) is 72.0 Å². The third kappa shape index (κ3) is 8.18. The molecule has 1 aliphatic heterocycles. The molecular weight excluding hydrogens is 730 g/mol. The normalized spacial score (nSPS) is 17.3. The van der Waals surface area contributed by atoms with Gasteiger partial charge in [0.2, 0.25) is 0 Å². The highest BCUT2D eigenvalue weighted by Crippen LogP contribution is 2.54. The summed E-state index contributed by atoms with van der Waals surface area (Å²) in [6.07, 6.45) is 0.817. The molecule has 16 heteroatoms. The fraction of sp³-hybridized carbons (Fsp3) is 0.379. The number of halogens is 1. The van der Waals surface area contributed by atoms with Gasteiger partial charge in [-0.05, 0) is 62.6 Å². The van der Waals surface area contributed by atoms with Gasteiger partial charge in [-0.1, -0.05) is 25.1 Å². The van der Waals surface area contributed by atoms with Gasteiger partial charge in [-0.2, -0.15) is 12.6 Å². The monoisotopic (exact) mass is 763 g/mol. The van der Waals surface area contributed by atoms with Crippen molar-refractivity contribution >= 4 is 110 Å². The first-order valence-electron chi connectivity index (χ1n) is 13.6. The molecule has 0 radical (unpaired) electrons. The number of nitrogens with zero attached hydrogens (tertiary/aromatic N) is 2. The van der Waals surface area contributed by atoms with Gasteiger partial charge in [0.25, 0.3) is 15.9 Å². The molecule has 1 fully saturated rings. The maximum absolute atomic E-state index is 15.0. The van der Waals surface area contributed by atoms with Crippen LogP contribution in [-0.2, 0) is 10.0 Å². The number of carbonyl (C=O) groups excluding carboxylic acids is 1. The number of rotatable bonds is 10. The maximum atomic E-state index is 15.0. The Bertz CT molecular complexity index is 1660. The standard InChI is InChI=1S/C29H34FN3O4S8/c1-17-14-26(2,3)33(15-17)24-22(25(34)32-45(35,36)21-7-5-4-6-8-21)9-10-23(31-24)18-11-19(30)13-20(12-18)37-16-27(38,28(39,40)41)29(42,43)44/h4-13,17,38-44H,14-16H2,1-3H3,(H,32,34)/t17-/m0/s1. The zero-order valence-electron chi connectivity index (χ0n) is 24.4.